The Balaban J connectivity index is 0.00000242. The third-order valence-electron chi connectivity index (χ3n) is 4.38. The summed E-state index contributed by atoms with van der Waals surface area (Å²) in [5.74, 6) is 1.30. The third-order valence-corrected chi connectivity index (χ3v) is 4.38. The standard InChI is InChI=1S/C18H28N2O.ClH/c1-14(2)18(16-6-4-3-5-7-16)20-17(21)9-8-15-10-12-19-13-11-15;/h3-7,14-15,18-19H,8-13H2,1-2H3,(H,20,21);1H. The lowest BCUT2D eigenvalue weighted by Crippen LogP contribution is -2.33. The van der Waals surface area contributed by atoms with Gasteiger partial charge in [0, 0.05) is 6.42 Å². The van der Waals surface area contributed by atoms with Crippen LogP contribution < -0.4 is 10.6 Å². The van der Waals surface area contributed by atoms with Crippen LogP contribution in [0.4, 0.5) is 0 Å². The van der Waals surface area contributed by atoms with Crippen molar-refractivity contribution in [2.45, 2.75) is 45.6 Å². The van der Waals surface area contributed by atoms with Crippen molar-refractivity contribution in [3.63, 3.8) is 0 Å². The zero-order chi connectivity index (χ0) is 15.1. The van der Waals surface area contributed by atoms with E-state index in [1.54, 1.807) is 0 Å². The minimum Gasteiger partial charge on any atom is -0.349 e. The molecule has 0 saturated carbocycles. The van der Waals surface area contributed by atoms with E-state index in [-0.39, 0.29) is 24.4 Å². The van der Waals surface area contributed by atoms with Gasteiger partial charge in [-0.15, -0.1) is 12.4 Å². The summed E-state index contributed by atoms with van der Waals surface area (Å²) in [6.45, 7) is 6.52. The molecule has 0 bridgehead atoms. The number of rotatable bonds is 6. The summed E-state index contributed by atoms with van der Waals surface area (Å²) < 4.78 is 0. The molecule has 1 aliphatic heterocycles. The summed E-state index contributed by atoms with van der Waals surface area (Å²) in [7, 11) is 0. The Morgan fingerprint density at radius 1 is 1.23 bits per heavy atom. The summed E-state index contributed by atoms with van der Waals surface area (Å²) in [5.41, 5.74) is 1.20. The fraction of sp³-hybridized carbons (Fsp3) is 0.611. The lowest BCUT2D eigenvalue weighted by Gasteiger charge is -2.25. The van der Waals surface area contributed by atoms with E-state index < -0.39 is 0 Å². The van der Waals surface area contributed by atoms with Gasteiger partial charge in [-0.25, -0.2) is 0 Å². The molecule has 1 fully saturated rings. The normalized spacial score (nSPS) is 16.9. The first kappa shape index (κ1) is 19.0. The van der Waals surface area contributed by atoms with Gasteiger partial charge in [-0.05, 0) is 49.8 Å². The van der Waals surface area contributed by atoms with Crippen molar-refractivity contribution in [3.8, 4) is 0 Å². The van der Waals surface area contributed by atoms with E-state index in [9.17, 15) is 4.79 Å². The molecular weight excluding hydrogens is 296 g/mol. The SMILES string of the molecule is CC(C)C(NC(=O)CCC1CCNCC1)c1ccccc1.Cl. The van der Waals surface area contributed by atoms with Crippen LogP contribution in [0.5, 0.6) is 0 Å². The first-order valence-corrected chi connectivity index (χ1v) is 8.22. The van der Waals surface area contributed by atoms with Crippen molar-refractivity contribution in [1.82, 2.24) is 10.6 Å². The highest BCUT2D eigenvalue weighted by Gasteiger charge is 2.19. The largest absolute Gasteiger partial charge is 0.349 e. The van der Waals surface area contributed by atoms with E-state index in [4.69, 9.17) is 0 Å². The maximum absolute atomic E-state index is 12.2. The molecule has 22 heavy (non-hydrogen) atoms. The summed E-state index contributed by atoms with van der Waals surface area (Å²) in [5, 5.41) is 6.59. The molecule has 0 aliphatic carbocycles. The molecule has 1 aliphatic rings. The minimum atomic E-state index is 0. The Bertz CT molecular complexity index is 430. The molecule has 2 rings (SSSR count). The summed E-state index contributed by atoms with van der Waals surface area (Å²) in [4.78, 5) is 12.2. The maximum atomic E-state index is 12.2. The van der Waals surface area contributed by atoms with Crippen LogP contribution in [-0.4, -0.2) is 19.0 Å². The molecule has 1 saturated heterocycles. The van der Waals surface area contributed by atoms with Crippen molar-refractivity contribution < 1.29 is 4.79 Å². The lowest BCUT2D eigenvalue weighted by atomic mass is 9.92. The molecule has 3 nitrogen and oxygen atoms in total. The lowest BCUT2D eigenvalue weighted by molar-refractivity contribution is -0.122. The van der Waals surface area contributed by atoms with Crippen molar-refractivity contribution in [1.29, 1.82) is 0 Å². The van der Waals surface area contributed by atoms with Gasteiger partial charge in [0.05, 0.1) is 6.04 Å². The monoisotopic (exact) mass is 324 g/mol. The van der Waals surface area contributed by atoms with Crippen molar-refractivity contribution in [2.75, 3.05) is 13.1 Å². The third kappa shape index (κ3) is 5.98. The fourth-order valence-electron chi connectivity index (χ4n) is 3.05. The Kier molecular flexibility index (Phi) is 8.51. The first-order chi connectivity index (χ1) is 10.2. The minimum absolute atomic E-state index is 0. The van der Waals surface area contributed by atoms with Crippen LogP contribution in [0, 0.1) is 11.8 Å². The molecule has 1 amide bonds. The quantitative estimate of drug-likeness (QED) is 0.837. The summed E-state index contributed by atoms with van der Waals surface area (Å²) >= 11 is 0. The highest BCUT2D eigenvalue weighted by atomic mass is 35.5. The van der Waals surface area contributed by atoms with E-state index >= 15 is 0 Å². The molecule has 0 radical (unpaired) electrons. The molecule has 1 aromatic carbocycles. The zero-order valence-corrected chi connectivity index (χ0v) is 14.5. The second kappa shape index (κ2) is 9.86. The van der Waals surface area contributed by atoms with Gasteiger partial charge < -0.3 is 10.6 Å². The second-order valence-electron chi connectivity index (χ2n) is 6.43. The Morgan fingerprint density at radius 2 is 1.86 bits per heavy atom. The molecule has 0 spiro atoms. The maximum Gasteiger partial charge on any atom is 0.220 e. The number of hydrogen-bond donors (Lipinski definition) is 2. The van der Waals surface area contributed by atoms with Crippen LogP contribution >= 0.6 is 12.4 Å². The first-order valence-electron chi connectivity index (χ1n) is 8.22. The van der Waals surface area contributed by atoms with Crippen LogP contribution in [0.3, 0.4) is 0 Å². The van der Waals surface area contributed by atoms with Crippen molar-refractivity contribution >= 4 is 18.3 Å². The predicted molar refractivity (Wildman–Crippen MR) is 94.2 cm³/mol. The molecule has 124 valence electrons. The molecule has 1 aromatic rings. The highest BCUT2D eigenvalue weighted by Crippen LogP contribution is 2.22. The van der Waals surface area contributed by atoms with Gasteiger partial charge in [0.25, 0.3) is 0 Å². The fourth-order valence-corrected chi connectivity index (χ4v) is 3.05. The van der Waals surface area contributed by atoms with Gasteiger partial charge in [0.1, 0.15) is 0 Å². The van der Waals surface area contributed by atoms with Crippen LogP contribution in [0.15, 0.2) is 30.3 Å². The smallest absolute Gasteiger partial charge is 0.220 e. The van der Waals surface area contributed by atoms with E-state index in [2.05, 4.69) is 36.6 Å². The van der Waals surface area contributed by atoms with E-state index in [0.717, 1.165) is 19.5 Å². The van der Waals surface area contributed by atoms with Crippen LogP contribution in [0.25, 0.3) is 0 Å². The number of carbonyl (C=O) groups excluding carboxylic acids is 1. The van der Waals surface area contributed by atoms with Gasteiger partial charge in [0.15, 0.2) is 0 Å². The molecule has 1 atom stereocenters. The average molecular weight is 325 g/mol. The number of piperidine rings is 1. The molecule has 2 N–H and O–H groups in total. The molecule has 1 unspecified atom stereocenters. The van der Waals surface area contributed by atoms with Gasteiger partial charge in [0.2, 0.25) is 5.91 Å². The van der Waals surface area contributed by atoms with Crippen LogP contribution in [0.2, 0.25) is 0 Å². The average Bonchev–Trinajstić information content (AvgIpc) is 2.52. The number of benzene rings is 1. The van der Waals surface area contributed by atoms with Crippen LogP contribution in [0.1, 0.15) is 51.1 Å². The highest BCUT2D eigenvalue weighted by molar-refractivity contribution is 5.85. The molecule has 1 heterocycles. The number of amides is 1. The van der Waals surface area contributed by atoms with Gasteiger partial charge in [-0.3, -0.25) is 4.79 Å². The summed E-state index contributed by atoms with van der Waals surface area (Å²) in [6, 6.07) is 10.4. The van der Waals surface area contributed by atoms with Crippen molar-refractivity contribution in [3.05, 3.63) is 35.9 Å². The van der Waals surface area contributed by atoms with Gasteiger partial charge >= 0.3 is 0 Å². The van der Waals surface area contributed by atoms with Crippen molar-refractivity contribution in [2.24, 2.45) is 11.8 Å². The van der Waals surface area contributed by atoms with Gasteiger partial charge in [-0.1, -0.05) is 44.2 Å². The zero-order valence-electron chi connectivity index (χ0n) is 13.7. The van der Waals surface area contributed by atoms with E-state index in [0.29, 0.717) is 18.3 Å². The molecule has 0 aromatic heterocycles. The Hall–Kier alpha value is -1.06. The number of nitrogens with one attached hydrogen (secondary N) is 2. The summed E-state index contributed by atoms with van der Waals surface area (Å²) in [6.07, 6.45) is 4.09. The van der Waals surface area contributed by atoms with Gasteiger partial charge in [-0.2, -0.15) is 0 Å². The van der Waals surface area contributed by atoms with E-state index in [1.807, 2.05) is 18.2 Å². The Morgan fingerprint density at radius 3 is 2.45 bits per heavy atom. The number of carbonyl (C=O) groups is 1. The van der Waals surface area contributed by atoms with E-state index in [1.165, 1.54) is 18.4 Å². The van der Waals surface area contributed by atoms with Crippen LogP contribution in [-0.2, 0) is 4.79 Å². The number of halogens is 1. The topological polar surface area (TPSA) is 41.1 Å². The molecule has 4 heteroatoms. The number of hydrogen-bond acceptors (Lipinski definition) is 2. The Labute approximate surface area is 140 Å². The predicted octanol–water partition coefficient (Wildman–Crippen LogP) is 3.70. The molecular formula is C18H29ClN2O. The second-order valence-corrected chi connectivity index (χ2v) is 6.43.